The van der Waals surface area contributed by atoms with Crippen molar-refractivity contribution in [3.63, 3.8) is 0 Å². The summed E-state index contributed by atoms with van der Waals surface area (Å²) in [5.41, 5.74) is -0.0212. The Morgan fingerprint density at radius 1 is 1.42 bits per heavy atom. The molecule has 0 heterocycles. The second-order valence-electron chi connectivity index (χ2n) is 4.34. The standard InChI is InChI=1S/C11H10Cl2N2O4/c12-7-3-6(15(18)19)4-8(13)10(7)14-9(11(16)17)5-1-2-5/h3-5,9,14H,1-2H2,(H,16,17). The summed E-state index contributed by atoms with van der Waals surface area (Å²) >= 11 is 11.8. The van der Waals surface area contributed by atoms with Crippen molar-refractivity contribution in [3.05, 3.63) is 32.3 Å². The smallest absolute Gasteiger partial charge is 0.326 e. The van der Waals surface area contributed by atoms with Crippen molar-refractivity contribution in [2.24, 2.45) is 5.92 Å². The molecule has 1 saturated carbocycles. The fourth-order valence-corrected chi connectivity index (χ4v) is 2.35. The Balaban J connectivity index is 2.29. The monoisotopic (exact) mass is 304 g/mol. The Morgan fingerprint density at radius 2 is 1.95 bits per heavy atom. The van der Waals surface area contributed by atoms with Gasteiger partial charge in [0.05, 0.1) is 20.7 Å². The molecule has 1 atom stereocenters. The lowest BCUT2D eigenvalue weighted by molar-refractivity contribution is -0.384. The molecule has 0 spiro atoms. The van der Waals surface area contributed by atoms with E-state index in [4.69, 9.17) is 28.3 Å². The number of aliphatic carboxylic acids is 1. The molecule has 0 amide bonds. The first-order valence-electron chi connectivity index (χ1n) is 5.53. The van der Waals surface area contributed by atoms with E-state index in [1.807, 2.05) is 0 Å². The molecule has 0 aliphatic heterocycles. The van der Waals surface area contributed by atoms with Gasteiger partial charge in [0, 0.05) is 12.1 Å². The maximum absolute atomic E-state index is 11.1. The van der Waals surface area contributed by atoms with Crippen LogP contribution in [-0.4, -0.2) is 22.0 Å². The molecule has 2 N–H and O–H groups in total. The molecule has 8 heteroatoms. The fraction of sp³-hybridized carbons (Fsp3) is 0.364. The van der Waals surface area contributed by atoms with Crippen LogP contribution in [0.2, 0.25) is 10.0 Å². The normalized spacial score (nSPS) is 15.9. The lowest BCUT2D eigenvalue weighted by Gasteiger charge is -2.17. The highest BCUT2D eigenvalue weighted by Gasteiger charge is 2.37. The van der Waals surface area contributed by atoms with Crippen LogP contribution in [0.1, 0.15) is 12.8 Å². The highest BCUT2D eigenvalue weighted by molar-refractivity contribution is 6.39. The molecule has 1 aliphatic rings. The van der Waals surface area contributed by atoms with Crippen LogP contribution in [0.3, 0.4) is 0 Å². The minimum absolute atomic E-state index is 0.0334. The topological polar surface area (TPSA) is 92.5 Å². The second-order valence-corrected chi connectivity index (χ2v) is 5.15. The zero-order valence-corrected chi connectivity index (χ0v) is 11.1. The van der Waals surface area contributed by atoms with Crippen molar-refractivity contribution in [3.8, 4) is 0 Å². The second kappa shape index (κ2) is 5.22. The molecular weight excluding hydrogens is 295 g/mol. The van der Waals surface area contributed by atoms with Crippen molar-refractivity contribution >= 4 is 40.5 Å². The van der Waals surface area contributed by atoms with Gasteiger partial charge in [0.15, 0.2) is 0 Å². The minimum atomic E-state index is -0.993. The Morgan fingerprint density at radius 3 is 2.32 bits per heavy atom. The largest absolute Gasteiger partial charge is 0.480 e. The maximum Gasteiger partial charge on any atom is 0.326 e. The first-order chi connectivity index (χ1) is 8.90. The van der Waals surface area contributed by atoms with E-state index in [9.17, 15) is 14.9 Å². The number of benzene rings is 1. The van der Waals surface area contributed by atoms with Crippen LogP contribution in [0, 0.1) is 16.0 Å². The minimum Gasteiger partial charge on any atom is -0.480 e. The van der Waals surface area contributed by atoms with Gasteiger partial charge in [-0.05, 0) is 18.8 Å². The molecule has 1 fully saturated rings. The van der Waals surface area contributed by atoms with Gasteiger partial charge in [-0.15, -0.1) is 0 Å². The van der Waals surface area contributed by atoms with E-state index in [0.717, 1.165) is 25.0 Å². The first kappa shape index (κ1) is 13.9. The highest BCUT2D eigenvalue weighted by Crippen LogP contribution is 2.39. The van der Waals surface area contributed by atoms with Gasteiger partial charge in [-0.25, -0.2) is 4.79 Å². The Kier molecular flexibility index (Phi) is 3.82. The predicted octanol–water partition coefficient (Wildman–Crippen LogP) is 3.18. The zero-order valence-electron chi connectivity index (χ0n) is 9.60. The van der Waals surface area contributed by atoms with Gasteiger partial charge in [0.1, 0.15) is 6.04 Å². The summed E-state index contributed by atoms with van der Waals surface area (Å²) in [5.74, 6) is -0.951. The number of rotatable bonds is 5. The molecule has 2 rings (SSSR count). The van der Waals surface area contributed by atoms with Gasteiger partial charge in [-0.2, -0.15) is 0 Å². The third-order valence-electron chi connectivity index (χ3n) is 2.90. The lowest BCUT2D eigenvalue weighted by Crippen LogP contribution is -2.31. The molecule has 0 radical (unpaired) electrons. The number of nitro groups is 1. The van der Waals surface area contributed by atoms with Crippen LogP contribution in [-0.2, 0) is 4.79 Å². The molecule has 1 aliphatic carbocycles. The Bertz CT molecular complexity index is 522. The number of hydrogen-bond donors (Lipinski definition) is 2. The zero-order chi connectivity index (χ0) is 14.2. The third kappa shape index (κ3) is 3.08. The van der Waals surface area contributed by atoms with Crippen molar-refractivity contribution in [1.82, 2.24) is 0 Å². The molecule has 0 saturated heterocycles. The fourth-order valence-electron chi connectivity index (χ4n) is 1.77. The van der Waals surface area contributed by atoms with Gasteiger partial charge in [-0.3, -0.25) is 10.1 Å². The number of carbonyl (C=O) groups is 1. The van der Waals surface area contributed by atoms with Crippen LogP contribution >= 0.6 is 23.2 Å². The van der Waals surface area contributed by atoms with E-state index in [1.165, 1.54) is 0 Å². The van der Waals surface area contributed by atoms with Crippen LogP contribution in [0.4, 0.5) is 11.4 Å². The average molecular weight is 305 g/mol. The SMILES string of the molecule is O=C(O)C(Nc1c(Cl)cc([N+](=O)[O-])cc1Cl)C1CC1. The van der Waals surface area contributed by atoms with Crippen molar-refractivity contribution < 1.29 is 14.8 Å². The molecule has 0 aromatic heterocycles. The molecule has 1 unspecified atom stereocenters. The molecule has 19 heavy (non-hydrogen) atoms. The van der Waals surface area contributed by atoms with Crippen molar-refractivity contribution in [2.45, 2.75) is 18.9 Å². The molecular formula is C11H10Cl2N2O4. The lowest BCUT2D eigenvalue weighted by atomic mass is 10.1. The summed E-state index contributed by atoms with van der Waals surface area (Å²) in [7, 11) is 0. The molecule has 0 bridgehead atoms. The van der Waals surface area contributed by atoms with Gasteiger partial charge >= 0.3 is 5.97 Å². The average Bonchev–Trinajstić information content (AvgIpc) is 3.11. The summed E-state index contributed by atoms with van der Waals surface area (Å²) in [4.78, 5) is 21.2. The van der Waals surface area contributed by atoms with E-state index >= 15 is 0 Å². The number of anilines is 1. The van der Waals surface area contributed by atoms with Gasteiger partial charge in [0.25, 0.3) is 5.69 Å². The number of nitro benzene ring substituents is 1. The number of nitrogens with one attached hydrogen (secondary N) is 1. The van der Waals surface area contributed by atoms with E-state index in [0.29, 0.717) is 0 Å². The van der Waals surface area contributed by atoms with Crippen LogP contribution < -0.4 is 5.32 Å². The molecule has 102 valence electrons. The summed E-state index contributed by atoms with van der Waals surface area (Å²) < 4.78 is 0. The number of hydrogen-bond acceptors (Lipinski definition) is 4. The van der Waals surface area contributed by atoms with E-state index in [-0.39, 0.29) is 27.3 Å². The number of carboxylic acid groups (broad SMARTS) is 1. The summed E-state index contributed by atoms with van der Waals surface area (Å²) in [6, 6.07) is 1.50. The number of carboxylic acids is 1. The van der Waals surface area contributed by atoms with E-state index < -0.39 is 16.9 Å². The quantitative estimate of drug-likeness (QED) is 0.644. The van der Waals surface area contributed by atoms with Crippen molar-refractivity contribution in [1.29, 1.82) is 0 Å². The summed E-state index contributed by atoms with van der Waals surface area (Å²) in [6.45, 7) is 0. The van der Waals surface area contributed by atoms with Gasteiger partial charge in [0.2, 0.25) is 0 Å². The number of nitrogens with zero attached hydrogens (tertiary/aromatic N) is 1. The van der Waals surface area contributed by atoms with Gasteiger partial charge < -0.3 is 10.4 Å². The number of halogens is 2. The Hall–Kier alpha value is -1.53. The maximum atomic E-state index is 11.1. The number of non-ortho nitro benzene ring substituents is 1. The van der Waals surface area contributed by atoms with Gasteiger partial charge in [-0.1, -0.05) is 23.2 Å². The van der Waals surface area contributed by atoms with E-state index in [2.05, 4.69) is 5.32 Å². The molecule has 1 aromatic rings. The van der Waals surface area contributed by atoms with Crippen molar-refractivity contribution in [2.75, 3.05) is 5.32 Å². The van der Waals surface area contributed by atoms with Crippen LogP contribution in [0.5, 0.6) is 0 Å². The Labute approximate surface area is 118 Å². The molecule has 1 aromatic carbocycles. The summed E-state index contributed by atoms with van der Waals surface area (Å²) in [6.07, 6.45) is 1.65. The summed E-state index contributed by atoms with van der Waals surface area (Å²) in [5, 5.41) is 22.6. The van der Waals surface area contributed by atoms with Crippen LogP contribution in [0.25, 0.3) is 0 Å². The first-order valence-corrected chi connectivity index (χ1v) is 6.28. The predicted molar refractivity (Wildman–Crippen MR) is 70.9 cm³/mol. The molecule has 6 nitrogen and oxygen atoms in total. The third-order valence-corrected chi connectivity index (χ3v) is 3.49. The van der Waals surface area contributed by atoms with Crippen LogP contribution in [0.15, 0.2) is 12.1 Å². The highest BCUT2D eigenvalue weighted by atomic mass is 35.5. The van der Waals surface area contributed by atoms with E-state index in [1.54, 1.807) is 0 Å².